The zero-order valence-electron chi connectivity index (χ0n) is 13.0. The van der Waals surface area contributed by atoms with Crippen molar-refractivity contribution in [1.29, 1.82) is 0 Å². The third-order valence-corrected chi connectivity index (χ3v) is 3.13. The maximum Gasteiger partial charge on any atom is 0.401 e. The van der Waals surface area contributed by atoms with E-state index in [1.165, 1.54) is 0 Å². The van der Waals surface area contributed by atoms with Crippen molar-refractivity contribution >= 4 is 0 Å². The Morgan fingerprint density at radius 3 is 1.79 bits per heavy atom. The van der Waals surface area contributed by atoms with Crippen LogP contribution in [0.1, 0.15) is 41.5 Å². The van der Waals surface area contributed by atoms with Crippen LogP contribution in [0, 0.1) is 11.8 Å². The van der Waals surface area contributed by atoms with Gasteiger partial charge in [0.2, 0.25) is 0 Å². The molecule has 0 aliphatic heterocycles. The number of alkyl halides is 3. The molecule has 5 heteroatoms. The normalized spacial score (nSPS) is 15.0. The van der Waals surface area contributed by atoms with Crippen LogP contribution < -0.4 is 5.32 Å². The Balaban J connectivity index is 4.68. The Hall–Kier alpha value is -0.290. The van der Waals surface area contributed by atoms with Crippen molar-refractivity contribution in [3.63, 3.8) is 0 Å². The van der Waals surface area contributed by atoms with Gasteiger partial charge in [-0.15, -0.1) is 0 Å². The first-order valence-corrected chi connectivity index (χ1v) is 7.07. The first-order valence-electron chi connectivity index (χ1n) is 7.07. The number of hydrogen-bond donors (Lipinski definition) is 1. The van der Waals surface area contributed by atoms with Crippen LogP contribution in [0.2, 0.25) is 0 Å². The average Bonchev–Trinajstić information content (AvgIpc) is 2.19. The average molecular weight is 282 g/mol. The third kappa shape index (κ3) is 8.47. The van der Waals surface area contributed by atoms with Crippen molar-refractivity contribution in [2.45, 2.75) is 59.8 Å². The molecule has 0 aromatic carbocycles. The quantitative estimate of drug-likeness (QED) is 0.732. The van der Waals surface area contributed by atoms with Crippen LogP contribution in [-0.2, 0) is 0 Å². The lowest BCUT2D eigenvalue weighted by molar-refractivity contribution is -0.157. The van der Waals surface area contributed by atoms with Gasteiger partial charge in [-0.05, 0) is 32.2 Å². The Kier molecular flexibility index (Phi) is 7.98. The number of nitrogens with one attached hydrogen (secondary N) is 1. The highest BCUT2D eigenvalue weighted by molar-refractivity contribution is 4.81. The Bertz CT molecular complexity index is 237. The van der Waals surface area contributed by atoms with E-state index in [1.54, 1.807) is 4.90 Å². The van der Waals surface area contributed by atoms with Crippen LogP contribution in [0.4, 0.5) is 13.2 Å². The second kappa shape index (κ2) is 8.10. The van der Waals surface area contributed by atoms with Crippen molar-refractivity contribution in [3.8, 4) is 0 Å². The fourth-order valence-electron chi connectivity index (χ4n) is 2.15. The van der Waals surface area contributed by atoms with Crippen molar-refractivity contribution < 1.29 is 13.2 Å². The van der Waals surface area contributed by atoms with Crippen molar-refractivity contribution in [2.75, 3.05) is 19.6 Å². The second-order valence-electron chi connectivity index (χ2n) is 6.24. The van der Waals surface area contributed by atoms with Gasteiger partial charge in [-0.2, -0.15) is 13.2 Å². The van der Waals surface area contributed by atoms with Crippen LogP contribution >= 0.6 is 0 Å². The number of halogens is 3. The summed E-state index contributed by atoms with van der Waals surface area (Å²) in [6.45, 7) is 12.4. The molecule has 0 amide bonds. The Labute approximate surface area is 115 Å². The lowest BCUT2D eigenvalue weighted by Crippen LogP contribution is -2.52. The van der Waals surface area contributed by atoms with E-state index >= 15 is 0 Å². The molecule has 1 unspecified atom stereocenters. The minimum absolute atomic E-state index is 0.0969. The molecule has 0 rings (SSSR count). The van der Waals surface area contributed by atoms with E-state index in [1.807, 2.05) is 27.7 Å². The van der Waals surface area contributed by atoms with Gasteiger partial charge in [0.15, 0.2) is 0 Å². The largest absolute Gasteiger partial charge is 0.401 e. The van der Waals surface area contributed by atoms with Gasteiger partial charge in [0.25, 0.3) is 0 Å². The standard InChI is InChI=1S/C14H29F3N2/c1-10(2)7-18-8-13(11(3)4)19(12(5)6)9-14(15,16)17/h10-13,18H,7-9H2,1-6H3. The maximum absolute atomic E-state index is 12.7. The molecule has 0 radical (unpaired) electrons. The summed E-state index contributed by atoms with van der Waals surface area (Å²) in [6, 6.07) is -0.213. The first kappa shape index (κ1) is 18.7. The molecule has 0 fully saturated rings. The second-order valence-corrected chi connectivity index (χ2v) is 6.24. The van der Waals surface area contributed by atoms with Gasteiger partial charge in [0, 0.05) is 18.6 Å². The highest BCUT2D eigenvalue weighted by Crippen LogP contribution is 2.22. The zero-order chi connectivity index (χ0) is 15.2. The molecule has 0 aliphatic rings. The SMILES string of the molecule is CC(C)CNCC(C(C)C)N(CC(F)(F)F)C(C)C. The monoisotopic (exact) mass is 282 g/mol. The van der Waals surface area contributed by atoms with E-state index < -0.39 is 12.7 Å². The summed E-state index contributed by atoms with van der Waals surface area (Å²) in [5, 5.41) is 3.28. The lowest BCUT2D eigenvalue weighted by Gasteiger charge is -2.38. The minimum Gasteiger partial charge on any atom is -0.315 e. The van der Waals surface area contributed by atoms with Gasteiger partial charge < -0.3 is 5.32 Å². The molecule has 0 saturated carbocycles. The van der Waals surface area contributed by atoms with E-state index in [0.29, 0.717) is 12.5 Å². The van der Waals surface area contributed by atoms with Gasteiger partial charge >= 0.3 is 6.18 Å². The van der Waals surface area contributed by atoms with Gasteiger partial charge in [-0.25, -0.2) is 0 Å². The molecule has 116 valence electrons. The van der Waals surface area contributed by atoms with Crippen LogP contribution in [0.5, 0.6) is 0 Å². The summed E-state index contributed by atoms with van der Waals surface area (Å²) < 4.78 is 38.0. The highest BCUT2D eigenvalue weighted by Gasteiger charge is 2.35. The molecule has 1 N–H and O–H groups in total. The number of hydrogen-bond acceptors (Lipinski definition) is 2. The van der Waals surface area contributed by atoms with E-state index in [4.69, 9.17) is 0 Å². The van der Waals surface area contributed by atoms with E-state index in [-0.39, 0.29) is 18.0 Å². The minimum atomic E-state index is -4.14. The van der Waals surface area contributed by atoms with Crippen LogP contribution in [0.3, 0.4) is 0 Å². The third-order valence-electron chi connectivity index (χ3n) is 3.13. The number of rotatable bonds is 8. The van der Waals surface area contributed by atoms with Crippen molar-refractivity contribution in [1.82, 2.24) is 10.2 Å². The summed E-state index contributed by atoms with van der Waals surface area (Å²) in [6.07, 6.45) is -4.14. The van der Waals surface area contributed by atoms with Gasteiger partial charge in [-0.3, -0.25) is 4.90 Å². The van der Waals surface area contributed by atoms with E-state index in [0.717, 1.165) is 6.54 Å². The van der Waals surface area contributed by atoms with E-state index in [9.17, 15) is 13.2 Å². The summed E-state index contributed by atoms with van der Waals surface area (Å²) in [7, 11) is 0. The smallest absolute Gasteiger partial charge is 0.315 e. The van der Waals surface area contributed by atoms with Crippen LogP contribution in [0.25, 0.3) is 0 Å². The molecule has 19 heavy (non-hydrogen) atoms. The fraction of sp³-hybridized carbons (Fsp3) is 1.00. The van der Waals surface area contributed by atoms with Gasteiger partial charge in [0.05, 0.1) is 6.54 Å². The molecule has 0 heterocycles. The molecule has 0 saturated heterocycles. The molecule has 0 aromatic heterocycles. The molecule has 0 bridgehead atoms. The molecular formula is C14H29F3N2. The van der Waals surface area contributed by atoms with Gasteiger partial charge in [-0.1, -0.05) is 27.7 Å². The molecule has 1 atom stereocenters. The Morgan fingerprint density at radius 1 is 0.947 bits per heavy atom. The zero-order valence-corrected chi connectivity index (χ0v) is 13.0. The number of nitrogens with zero attached hydrogens (tertiary/aromatic N) is 1. The molecule has 2 nitrogen and oxygen atoms in total. The molecular weight excluding hydrogens is 253 g/mol. The van der Waals surface area contributed by atoms with Crippen LogP contribution in [-0.4, -0.2) is 42.8 Å². The predicted octanol–water partition coefficient (Wildman–Crippen LogP) is 3.53. The highest BCUT2D eigenvalue weighted by atomic mass is 19.4. The predicted molar refractivity (Wildman–Crippen MR) is 74.2 cm³/mol. The maximum atomic E-state index is 12.7. The fourth-order valence-corrected chi connectivity index (χ4v) is 2.15. The van der Waals surface area contributed by atoms with Crippen LogP contribution in [0.15, 0.2) is 0 Å². The summed E-state index contributed by atoms with van der Waals surface area (Å²) in [5.41, 5.74) is 0. The van der Waals surface area contributed by atoms with Crippen molar-refractivity contribution in [2.24, 2.45) is 11.8 Å². The lowest BCUT2D eigenvalue weighted by atomic mass is 10.0. The Morgan fingerprint density at radius 2 is 1.47 bits per heavy atom. The van der Waals surface area contributed by atoms with E-state index in [2.05, 4.69) is 19.2 Å². The molecule has 0 spiro atoms. The molecule has 0 aromatic rings. The molecule has 0 aliphatic carbocycles. The summed E-state index contributed by atoms with van der Waals surface area (Å²) in [5.74, 6) is 0.687. The van der Waals surface area contributed by atoms with Crippen molar-refractivity contribution in [3.05, 3.63) is 0 Å². The summed E-state index contributed by atoms with van der Waals surface area (Å²) in [4.78, 5) is 1.55. The first-order chi connectivity index (χ1) is 8.54. The summed E-state index contributed by atoms with van der Waals surface area (Å²) >= 11 is 0. The van der Waals surface area contributed by atoms with Gasteiger partial charge in [0.1, 0.15) is 0 Å². The topological polar surface area (TPSA) is 15.3 Å².